The molecule has 0 saturated heterocycles. The Balaban J connectivity index is 0.000000277. The lowest BCUT2D eigenvalue weighted by Gasteiger charge is -2.29. The van der Waals surface area contributed by atoms with Gasteiger partial charge in [-0.1, -0.05) is 66.8 Å². The van der Waals surface area contributed by atoms with Crippen molar-refractivity contribution in [1.29, 1.82) is 0 Å². The van der Waals surface area contributed by atoms with Crippen molar-refractivity contribution in [3.05, 3.63) is 67.5 Å². The second-order valence-electron chi connectivity index (χ2n) is 4.65. The minimum atomic E-state index is -4.66. The van der Waals surface area contributed by atoms with Crippen molar-refractivity contribution in [1.82, 2.24) is 0 Å². The van der Waals surface area contributed by atoms with Crippen molar-refractivity contribution in [3.8, 4) is 0 Å². The number of rotatable bonds is 2. The van der Waals surface area contributed by atoms with Gasteiger partial charge in [-0.05, 0) is 48.4 Å². The van der Waals surface area contributed by atoms with Gasteiger partial charge in [0.05, 0.1) is 0 Å². The maximum atomic E-state index is 12.6. The van der Waals surface area contributed by atoms with E-state index in [0.29, 0.717) is 4.47 Å². The molecule has 1 atom stereocenters. The van der Waals surface area contributed by atoms with Crippen LogP contribution >= 0.6 is 47.8 Å². The predicted molar refractivity (Wildman–Crippen MR) is 96.2 cm³/mol. The molecule has 0 fully saturated rings. The SMILES string of the molecule is Brc1ccc(Br)cc1.CCC(O)(c1ccc(Br)cc1)C(F)(F)F. The summed E-state index contributed by atoms with van der Waals surface area (Å²) in [5.74, 6) is 0. The van der Waals surface area contributed by atoms with Crippen molar-refractivity contribution in [2.75, 3.05) is 0 Å². The van der Waals surface area contributed by atoms with Crippen LogP contribution in [0.15, 0.2) is 61.9 Å². The van der Waals surface area contributed by atoms with Gasteiger partial charge in [0.25, 0.3) is 0 Å². The van der Waals surface area contributed by atoms with Crippen LogP contribution in [0.5, 0.6) is 0 Å². The van der Waals surface area contributed by atoms with Crippen LogP contribution in [0.3, 0.4) is 0 Å². The van der Waals surface area contributed by atoms with Crippen LogP contribution in [0.25, 0.3) is 0 Å². The fourth-order valence-electron chi connectivity index (χ4n) is 1.72. The van der Waals surface area contributed by atoms with Gasteiger partial charge >= 0.3 is 6.18 Å². The molecule has 0 bridgehead atoms. The zero-order chi connectivity index (χ0) is 17.7. The maximum absolute atomic E-state index is 12.6. The van der Waals surface area contributed by atoms with Gasteiger partial charge in [0.15, 0.2) is 5.60 Å². The summed E-state index contributed by atoms with van der Waals surface area (Å²) < 4.78 is 40.8. The molecule has 1 N–H and O–H groups in total. The standard InChI is InChI=1S/C10H10BrF3O.C6H4Br2/c1-2-9(15,10(12,13)14)7-3-5-8(11)6-4-7;7-5-1-2-6(8)4-3-5/h3-6,15H,2H2,1H3;1-4H. The number of benzene rings is 2. The van der Waals surface area contributed by atoms with Gasteiger partial charge in [-0.2, -0.15) is 13.2 Å². The Morgan fingerprint density at radius 2 is 1.09 bits per heavy atom. The highest BCUT2D eigenvalue weighted by molar-refractivity contribution is 9.11. The van der Waals surface area contributed by atoms with E-state index >= 15 is 0 Å². The smallest absolute Gasteiger partial charge is 0.376 e. The molecule has 7 heteroatoms. The lowest BCUT2D eigenvalue weighted by molar-refractivity contribution is -0.267. The Bertz CT molecular complexity index is 591. The lowest BCUT2D eigenvalue weighted by atomic mass is 9.90. The highest BCUT2D eigenvalue weighted by Gasteiger charge is 2.53. The molecule has 2 rings (SSSR count). The average molecular weight is 519 g/mol. The monoisotopic (exact) mass is 516 g/mol. The summed E-state index contributed by atoms with van der Waals surface area (Å²) >= 11 is 9.77. The Kier molecular flexibility index (Phi) is 7.77. The molecule has 23 heavy (non-hydrogen) atoms. The number of aliphatic hydroxyl groups is 1. The molecule has 0 heterocycles. The van der Waals surface area contributed by atoms with Gasteiger partial charge in [-0.3, -0.25) is 0 Å². The zero-order valence-electron chi connectivity index (χ0n) is 12.0. The van der Waals surface area contributed by atoms with E-state index in [1.165, 1.54) is 31.2 Å². The topological polar surface area (TPSA) is 20.2 Å². The molecule has 0 saturated carbocycles. The molecular weight excluding hydrogens is 505 g/mol. The Hall–Kier alpha value is -0.370. The molecule has 1 unspecified atom stereocenters. The molecule has 2 aromatic rings. The molecule has 1 nitrogen and oxygen atoms in total. The van der Waals surface area contributed by atoms with E-state index in [0.717, 1.165) is 8.95 Å². The lowest BCUT2D eigenvalue weighted by Crippen LogP contribution is -2.41. The summed E-state index contributed by atoms with van der Waals surface area (Å²) in [7, 11) is 0. The third-order valence-corrected chi connectivity index (χ3v) is 4.69. The predicted octanol–water partition coefficient (Wildman–Crippen LogP) is 6.82. The van der Waals surface area contributed by atoms with Crippen LogP contribution in [0.2, 0.25) is 0 Å². The summed E-state index contributed by atoms with van der Waals surface area (Å²) in [6.45, 7) is 1.30. The fraction of sp³-hybridized carbons (Fsp3) is 0.250. The van der Waals surface area contributed by atoms with Crippen molar-refractivity contribution in [3.63, 3.8) is 0 Å². The van der Waals surface area contributed by atoms with E-state index in [-0.39, 0.29) is 5.56 Å². The van der Waals surface area contributed by atoms with E-state index in [4.69, 9.17) is 0 Å². The molecule has 2 aromatic carbocycles. The first-order valence-corrected chi connectivity index (χ1v) is 8.94. The molecule has 0 aromatic heterocycles. The van der Waals surface area contributed by atoms with Crippen LogP contribution in [0.1, 0.15) is 18.9 Å². The Morgan fingerprint density at radius 3 is 1.35 bits per heavy atom. The van der Waals surface area contributed by atoms with E-state index in [2.05, 4.69) is 47.8 Å². The van der Waals surface area contributed by atoms with Gasteiger partial charge in [0, 0.05) is 13.4 Å². The number of alkyl halides is 3. The van der Waals surface area contributed by atoms with Crippen LogP contribution in [0.4, 0.5) is 13.2 Å². The molecular formula is C16H14Br3F3O. The quantitative estimate of drug-likeness (QED) is 0.462. The molecule has 0 aliphatic carbocycles. The first-order chi connectivity index (χ1) is 10.6. The minimum Gasteiger partial charge on any atom is -0.376 e. The third-order valence-electron chi connectivity index (χ3n) is 3.11. The average Bonchev–Trinajstić information content (AvgIpc) is 2.49. The number of hydrogen-bond donors (Lipinski definition) is 1. The Morgan fingerprint density at radius 1 is 0.783 bits per heavy atom. The maximum Gasteiger partial charge on any atom is 0.421 e. The molecule has 0 aliphatic heterocycles. The molecule has 0 aliphatic rings. The first-order valence-electron chi connectivity index (χ1n) is 6.56. The van der Waals surface area contributed by atoms with Crippen molar-refractivity contribution in [2.45, 2.75) is 25.1 Å². The zero-order valence-corrected chi connectivity index (χ0v) is 16.8. The molecule has 0 spiro atoms. The summed E-state index contributed by atoms with van der Waals surface area (Å²) in [5, 5.41) is 9.58. The van der Waals surface area contributed by atoms with Gasteiger partial charge < -0.3 is 5.11 Å². The van der Waals surface area contributed by atoms with Crippen molar-refractivity contribution < 1.29 is 18.3 Å². The van der Waals surface area contributed by atoms with Gasteiger partial charge in [-0.25, -0.2) is 0 Å². The summed E-state index contributed by atoms with van der Waals surface area (Å²) in [6.07, 6.45) is -5.06. The van der Waals surface area contributed by atoms with E-state index in [1.807, 2.05) is 24.3 Å². The van der Waals surface area contributed by atoms with Crippen LogP contribution in [-0.4, -0.2) is 11.3 Å². The van der Waals surface area contributed by atoms with Crippen LogP contribution in [-0.2, 0) is 5.60 Å². The van der Waals surface area contributed by atoms with Crippen molar-refractivity contribution >= 4 is 47.8 Å². The third kappa shape index (κ3) is 5.89. The van der Waals surface area contributed by atoms with E-state index < -0.39 is 18.2 Å². The van der Waals surface area contributed by atoms with Crippen molar-refractivity contribution in [2.24, 2.45) is 0 Å². The summed E-state index contributed by atoms with van der Waals surface area (Å²) in [6, 6.07) is 13.4. The minimum absolute atomic E-state index is 0.138. The Labute approximate surface area is 158 Å². The van der Waals surface area contributed by atoms with Crippen LogP contribution < -0.4 is 0 Å². The second-order valence-corrected chi connectivity index (χ2v) is 7.40. The second kappa shape index (κ2) is 8.65. The van der Waals surface area contributed by atoms with Gasteiger partial charge in [0.2, 0.25) is 0 Å². The molecule has 126 valence electrons. The fourth-order valence-corrected chi connectivity index (χ4v) is 2.52. The van der Waals surface area contributed by atoms with E-state index in [1.54, 1.807) is 0 Å². The van der Waals surface area contributed by atoms with Gasteiger partial charge in [0.1, 0.15) is 0 Å². The largest absolute Gasteiger partial charge is 0.421 e. The number of halogens is 6. The molecule has 0 amide bonds. The van der Waals surface area contributed by atoms with Crippen LogP contribution in [0, 0.1) is 0 Å². The first kappa shape index (κ1) is 20.7. The summed E-state index contributed by atoms with van der Waals surface area (Å²) in [4.78, 5) is 0. The summed E-state index contributed by atoms with van der Waals surface area (Å²) in [5.41, 5.74) is -2.89. The number of hydrogen-bond acceptors (Lipinski definition) is 1. The normalized spacial score (nSPS) is 13.7. The van der Waals surface area contributed by atoms with Gasteiger partial charge in [-0.15, -0.1) is 0 Å². The highest BCUT2D eigenvalue weighted by Crippen LogP contribution is 2.41. The van der Waals surface area contributed by atoms with E-state index in [9.17, 15) is 18.3 Å². The molecule has 0 radical (unpaired) electrons. The highest BCUT2D eigenvalue weighted by atomic mass is 79.9.